The van der Waals surface area contributed by atoms with E-state index in [1.807, 2.05) is 4.72 Å². The Morgan fingerprint density at radius 1 is 1.23 bits per heavy atom. The highest BCUT2D eigenvalue weighted by Crippen LogP contribution is 2.31. The molecule has 0 saturated carbocycles. The second kappa shape index (κ2) is 6.30. The van der Waals surface area contributed by atoms with Crippen LogP contribution < -0.4 is 16.0 Å². The second-order valence-corrected chi connectivity index (χ2v) is 6.74. The van der Waals surface area contributed by atoms with Gasteiger partial charge in [-0.25, -0.2) is 17.6 Å². The van der Waals surface area contributed by atoms with Crippen LogP contribution in [0, 0.1) is 17.1 Å². The molecule has 0 saturated heterocycles. The van der Waals surface area contributed by atoms with Gasteiger partial charge < -0.3 is 0 Å². The lowest BCUT2D eigenvalue weighted by atomic mass is 10.1. The molecule has 1 aromatic heterocycles. The summed E-state index contributed by atoms with van der Waals surface area (Å²) in [6.45, 7) is 0. The summed E-state index contributed by atoms with van der Waals surface area (Å²) in [7, 11) is -3.97. The van der Waals surface area contributed by atoms with Crippen LogP contribution >= 0.6 is 0 Å². The van der Waals surface area contributed by atoms with Crippen molar-refractivity contribution < 1.29 is 26.0 Å². The van der Waals surface area contributed by atoms with E-state index in [0.717, 1.165) is 0 Å². The molecule has 1 aromatic carbocycles. The van der Waals surface area contributed by atoms with Gasteiger partial charge in [-0.15, -0.1) is 0 Å². The average Bonchev–Trinajstić information content (AvgIpc) is 2.46. The number of nitriles is 1. The number of aromatic nitrogens is 2. The lowest BCUT2D eigenvalue weighted by Gasteiger charge is -2.16. The minimum Gasteiger partial charge on any atom is -0.282 e. The van der Waals surface area contributed by atoms with Crippen LogP contribution in [0.5, 0.6) is 0 Å². The van der Waals surface area contributed by atoms with Crippen molar-refractivity contribution in [1.29, 1.82) is 5.26 Å². The molecule has 0 radical (unpaired) electrons. The molecule has 8 nitrogen and oxygen atoms in total. The zero-order valence-corrected chi connectivity index (χ0v) is 13.5. The topological polar surface area (TPSA) is 125 Å². The highest BCUT2D eigenvalue weighted by atomic mass is 32.2. The molecular formula is C13H8F4N4O4S. The van der Waals surface area contributed by atoms with E-state index >= 15 is 0 Å². The van der Waals surface area contributed by atoms with Gasteiger partial charge in [-0.2, -0.15) is 18.4 Å². The van der Waals surface area contributed by atoms with Gasteiger partial charge in [0, 0.05) is 6.07 Å². The van der Waals surface area contributed by atoms with Crippen molar-refractivity contribution in [2.75, 3.05) is 11.0 Å². The van der Waals surface area contributed by atoms with Crippen molar-refractivity contribution in [1.82, 2.24) is 9.55 Å². The van der Waals surface area contributed by atoms with Crippen LogP contribution in [0.4, 0.5) is 23.2 Å². The van der Waals surface area contributed by atoms with Gasteiger partial charge in [-0.1, -0.05) is 0 Å². The Morgan fingerprint density at radius 3 is 2.35 bits per heavy atom. The molecule has 0 aliphatic carbocycles. The van der Waals surface area contributed by atoms with Crippen LogP contribution in [0.2, 0.25) is 0 Å². The van der Waals surface area contributed by atoms with Crippen molar-refractivity contribution in [2.45, 2.75) is 6.18 Å². The highest BCUT2D eigenvalue weighted by molar-refractivity contribution is 7.92. The number of halogens is 4. The Kier molecular flexibility index (Phi) is 4.65. The monoisotopic (exact) mass is 392 g/mol. The van der Waals surface area contributed by atoms with Gasteiger partial charge in [0.1, 0.15) is 17.6 Å². The Labute approximate surface area is 142 Å². The number of hydrogen-bond donors (Lipinski definition) is 2. The van der Waals surface area contributed by atoms with Gasteiger partial charge in [-0.05, 0) is 12.1 Å². The molecule has 26 heavy (non-hydrogen) atoms. The van der Waals surface area contributed by atoms with E-state index in [2.05, 4.69) is 0 Å². The Morgan fingerprint density at radius 2 is 1.85 bits per heavy atom. The Bertz CT molecular complexity index is 1140. The zero-order chi connectivity index (χ0) is 19.9. The predicted octanol–water partition coefficient (Wildman–Crippen LogP) is 0.927. The average molecular weight is 392 g/mol. The number of H-pyrrole nitrogens is 1. The van der Waals surface area contributed by atoms with E-state index < -0.39 is 55.9 Å². The van der Waals surface area contributed by atoms with Crippen molar-refractivity contribution in [3.05, 3.63) is 56.1 Å². The first kappa shape index (κ1) is 19.2. The van der Waals surface area contributed by atoms with Gasteiger partial charge in [0.25, 0.3) is 5.56 Å². The smallest absolute Gasteiger partial charge is 0.282 e. The van der Waals surface area contributed by atoms with Crippen LogP contribution in [0.1, 0.15) is 11.3 Å². The fourth-order valence-corrected chi connectivity index (χ4v) is 2.62. The Hall–Kier alpha value is -3.14. The summed E-state index contributed by atoms with van der Waals surface area (Å²) in [5.41, 5.74) is -6.81. The molecule has 1 heterocycles. The fourth-order valence-electron chi connectivity index (χ4n) is 2.05. The molecule has 13 heteroatoms. The molecule has 0 aliphatic heterocycles. The molecule has 0 fully saturated rings. The van der Waals surface area contributed by atoms with E-state index in [1.165, 1.54) is 6.07 Å². The standard InChI is InChI=1S/C13H8F4N4O4S/c1-26(24,25)20-8-3-9(7(14)2-6(8)5-18)21-10(13(15,16)17)4-11(22)19-12(21)23/h2-4,20H,1H3,(H,19,22,23). The number of hydrogen-bond acceptors (Lipinski definition) is 5. The molecule has 0 amide bonds. The zero-order valence-electron chi connectivity index (χ0n) is 12.7. The summed E-state index contributed by atoms with van der Waals surface area (Å²) < 4.78 is 78.0. The predicted molar refractivity (Wildman–Crippen MR) is 80.8 cm³/mol. The molecule has 0 aliphatic rings. The largest absolute Gasteiger partial charge is 0.432 e. The summed E-state index contributed by atoms with van der Waals surface area (Å²) in [6, 6.07) is 2.52. The van der Waals surface area contributed by atoms with Crippen LogP contribution in [0.3, 0.4) is 0 Å². The quantitative estimate of drug-likeness (QED) is 0.752. The summed E-state index contributed by atoms with van der Waals surface area (Å²) in [5, 5.41) is 8.93. The van der Waals surface area contributed by atoms with Crippen LogP contribution in [-0.4, -0.2) is 24.2 Å². The maximum atomic E-state index is 14.2. The third kappa shape index (κ3) is 3.91. The number of benzene rings is 1. The van der Waals surface area contributed by atoms with Gasteiger partial charge in [0.05, 0.1) is 23.2 Å². The first-order valence-electron chi connectivity index (χ1n) is 6.49. The third-order valence-electron chi connectivity index (χ3n) is 2.98. The minimum absolute atomic E-state index is 0.0444. The third-order valence-corrected chi connectivity index (χ3v) is 3.57. The number of alkyl halides is 3. The van der Waals surface area contributed by atoms with E-state index in [1.54, 1.807) is 4.98 Å². The summed E-state index contributed by atoms with van der Waals surface area (Å²) >= 11 is 0. The van der Waals surface area contributed by atoms with E-state index in [0.29, 0.717) is 18.4 Å². The number of aromatic amines is 1. The fraction of sp³-hybridized carbons (Fsp3) is 0.154. The van der Waals surface area contributed by atoms with Gasteiger partial charge >= 0.3 is 11.9 Å². The van der Waals surface area contributed by atoms with Crippen molar-refractivity contribution >= 4 is 15.7 Å². The minimum atomic E-state index is -5.20. The highest BCUT2D eigenvalue weighted by Gasteiger charge is 2.36. The summed E-state index contributed by atoms with van der Waals surface area (Å²) in [4.78, 5) is 24.6. The van der Waals surface area contributed by atoms with Gasteiger partial charge in [-0.3, -0.25) is 19.1 Å². The number of anilines is 1. The first-order valence-corrected chi connectivity index (χ1v) is 8.38. The first-order chi connectivity index (χ1) is 11.8. The van der Waals surface area contributed by atoms with Gasteiger partial charge in [0.15, 0.2) is 0 Å². The van der Waals surface area contributed by atoms with Crippen LogP contribution in [0.15, 0.2) is 27.8 Å². The maximum absolute atomic E-state index is 14.2. The maximum Gasteiger partial charge on any atom is 0.432 e. The molecule has 0 unspecified atom stereocenters. The van der Waals surface area contributed by atoms with Crippen molar-refractivity contribution in [3.63, 3.8) is 0 Å². The van der Waals surface area contributed by atoms with E-state index in [4.69, 9.17) is 5.26 Å². The number of nitrogens with zero attached hydrogens (tertiary/aromatic N) is 2. The van der Waals surface area contributed by atoms with E-state index in [-0.39, 0.29) is 10.6 Å². The van der Waals surface area contributed by atoms with Crippen LogP contribution in [-0.2, 0) is 16.2 Å². The molecule has 0 bridgehead atoms. The number of nitrogens with one attached hydrogen (secondary N) is 2. The number of rotatable bonds is 3. The molecule has 0 spiro atoms. The molecule has 2 rings (SSSR count). The molecule has 2 aromatic rings. The lowest BCUT2D eigenvalue weighted by Crippen LogP contribution is -2.34. The molecule has 0 atom stereocenters. The van der Waals surface area contributed by atoms with Gasteiger partial charge in [0.2, 0.25) is 10.0 Å². The van der Waals surface area contributed by atoms with Crippen molar-refractivity contribution in [2.24, 2.45) is 0 Å². The summed E-state index contributed by atoms with van der Waals surface area (Å²) in [6.07, 6.45) is -4.50. The number of sulfonamides is 1. The van der Waals surface area contributed by atoms with Crippen molar-refractivity contribution in [3.8, 4) is 11.8 Å². The Balaban J connectivity index is 2.91. The normalized spacial score (nSPS) is 11.8. The second-order valence-electron chi connectivity index (χ2n) is 4.99. The molecule has 138 valence electrons. The van der Waals surface area contributed by atoms with Crippen LogP contribution in [0.25, 0.3) is 5.69 Å². The summed E-state index contributed by atoms with van der Waals surface area (Å²) in [5.74, 6) is -1.42. The molecule has 2 N–H and O–H groups in total. The molecular weight excluding hydrogens is 384 g/mol. The lowest BCUT2D eigenvalue weighted by molar-refractivity contribution is -0.143. The van der Waals surface area contributed by atoms with E-state index in [9.17, 15) is 35.6 Å². The SMILES string of the molecule is CS(=O)(=O)Nc1cc(-n2c(C(F)(F)F)cc(=O)[nH]c2=O)c(F)cc1C#N.